The van der Waals surface area contributed by atoms with Crippen molar-refractivity contribution in [1.29, 1.82) is 0 Å². The van der Waals surface area contributed by atoms with Gasteiger partial charge in [-0.05, 0) is 25.3 Å². The molecule has 10 nitrogen and oxygen atoms in total. The first kappa shape index (κ1) is 26.6. The van der Waals surface area contributed by atoms with Crippen molar-refractivity contribution in [3.8, 4) is 0 Å². The van der Waals surface area contributed by atoms with Crippen molar-refractivity contribution >= 4 is 5.97 Å². The smallest absolute Gasteiger partial charge is 0.330 e. The minimum atomic E-state index is -1.37. The number of halogens is 1. The second-order valence-electron chi connectivity index (χ2n) is 8.43. The van der Waals surface area contributed by atoms with E-state index in [1.54, 1.807) is 6.92 Å². The standard InChI is InChI=1S/C22H34FN5O5/c1-16-14-28(22(31)26-21(16)30)19-13-17(23)18(33-19)15-32-20(29)11-9-7-5-3-2-4-6-8-10-12-25-27-24/h14,17-19H,2-13,15H2,1H3,(H,26,30,31). The van der Waals surface area contributed by atoms with Crippen LogP contribution in [0.2, 0.25) is 0 Å². The lowest BCUT2D eigenvalue weighted by molar-refractivity contribution is -0.149. The number of aryl methyl sites for hydroxylation is 1. The van der Waals surface area contributed by atoms with E-state index in [1.165, 1.54) is 6.20 Å². The highest BCUT2D eigenvalue weighted by Gasteiger charge is 2.37. The van der Waals surface area contributed by atoms with Crippen LogP contribution >= 0.6 is 0 Å². The van der Waals surface area contributed by atoms with Crippen molar-refractivity contribution in [2.45, 2.75) is 96.1 Å². The van der Waals surface area contributed by atoms with E-state index in [2.05, 4.69) is 15.0 Å². The van der Waals surface area contributed by atoms with Gasteiger partial charge in [-0.25, -0.2) is 9.18 Å². The molecule has 3 unspecified atom stereocenters. The van der Waals surface area contributed by atoms with E-state index in [1.807, 2.05) is 0 Å². The average molecular weight is 468 g/mol. The maximum absolute atomic E-state index is 14.3. The van der Waals surface area contributed by atoms with Crippen LogP contribution in [0.5, 0.6) is 0 Å². The van der Waals surface area contributed by atoms with Gasteiger partial charge in [-0.15, -0.1) is 0 Å². The molecule has 1 fully saturated rings. The van der Waals surface area contributed by atoms with Crippen LogP contribution in [0.3, 0.4) is 0 Å². The zero-order valence-electron chi connectivity index (χ0n) is 19.2. The minimum Gasteiger partial charge on any atom is -0.463 e. The Morgan fingerprint density at radius 1 is 1.21 bits per heavy atom. The van der Waals surface area contributed by atoms with Crippen LogP contribution in [-0.4, -0.2) is 40.9 Å². The molecule has 1 N–H and O–H groups in total. The van der Waals surface area contributed by atoms with Gasteiger partial charge in [-0.1, -0.05) is 50.1 Å². The number of azide groups is 1. The van der Waals surface area contributed by atoms with E-state index in [0.29, 0.717) is 12.1 Å². The molecule has 3 atom stereocenters. The monoisotopic (exact) mass is 467 g/mol. The maximum Gasteiger partial charge on any atom is 0.330 e. The van der Waals surface area contributed by atoms with Crippen LogP contribution in [0.25, 0.3) is 10.4 Å². The maximum atomic E-state index is 14.3. The molecule has 11 heteroatoms. The summed E-state index contributed by atoms with van der Waals surface area (Å²) in [5.41, 5.74) is 7.37. The van der Waals surface area contributed by atoms with E-state index in [4.69, 9.17) is 15.0 Å². The molecule has 2 rings (SSSR count). The summed E-state index contributed by atoms with van der Waals surface area (Å²) in [4.78, 5) is 40.3. The summed E-state index contributed by atoms with van der Waals surface area (Å²) in [5, 5.41) is 3.51. The molecule has 0 bridgehead atoms. The predicted octanol–water partition coefficient (Wildman–Crippen LogP) is 4.23. The Hall–Kier alpha value is -2.65. The van der Waals surface area contributed by atoms with Gasteiger partial charge in [0.15, 0.2) is 0 Å². The number of aromatic amines is 1. The van der Waals surface area contributed by atoms with Crippen molar-refractivity contribution < 1.29 is 18.7 Å². The van der Waals surface area contributed by atoms with Gasteiger partial charge >= 0.3 is 11.7 Å². The summed E-state index contributed by atoms with van der Waals surface area (Å²) in [7, 11) is 0. The average Bonchev–Trinajstić information content (AvgIpc) is 3.15. The Labute approximate surface area is 192 Å². The molecule has 1 aliphatic rings. The third kappa shape index (κ3) is 9.39. The molecule has 1 aromatic heterocycles. The third-order valence-electron chi connectivity index (χ3n) is 5.73. The number of H-pyrrole nitrogens is 1. The van der Waals surface area contributed by atoms with Crippen LogP contribution in [0.1, 0.15) is 82.4 Å². The molecule has 0 amide bonds. The van der Waals surface area contributed by atoms with Crippen LogP contribution in [0, 0.1) is 6.92 Å². The number of nitrogens with zero attached hydrogens (tertiary/aromatic N) is 4. The number of alkyl halides is 1. The van der Waals surface area contributed by atoms with Gasteiger partial charge in [-0.2, -0.15) is 0 Å². The molecular weight excluding hydrogens is 433 g/mol. The highest BCUT2D eigenvalue weighted by molar-refractivity contribution is 5.69. The first-order valence-electron chi connectivity index (χ1n) is 11.7. The van der Waals surface area contributed by atoms with E-state index >= 15 is 0 Å². The number of carbonyl (C=O) groups excluding carboxylic acids is 1. The summed E-state index contributed by atoms with van der Waals surface area (Å²) in [6.07, 6.45) is 7.73. The quantitative estimate of drug-likeness (QED) is 0.135. The summed E-state index contributed by atoms with van der Waals surface area (Å²) in [6.45, 7) is 1.92. The van der Waals surface area contributed by atoms with Crippen LogP contribution < -0.4 is 11.2 Å². The Morgan fingerprint density at radius 2 is 1.85 bits per heavy atom. The summed E-state index contributed by atoms with van der Waals surface area (Å²) >= 11 is 0. The molecule has 33 heavy (non-hydrogen) atoms. The highest BCUT2D eigenvalue weighted by Crippen LogP contribution is 2.30. The number of hydrogen-bond donors (Lipinski definition) is 1. The Bertz CT molecular complexity index is 911. The lowest BCUT2D eigenvalue weighted by Gasteiger charge is -2.16. The lowest BCUT2D eigenvalue weighted by atomic mass is 10.1. The predicted molar refractivity (Wildman–Crippen MR) is 121 cm³/mol. The molecule has 1 aliphatic heterocycles. The number of esters is 1. The molecule has 0 aromatic carbocycles. The molecule has 0 radical (unpaired) electrons. The highest BCUT2D eigenvalue weighted by atomic mass is 19.1. The van der Waals surface area contributed by atoms with Crippen LogP contribution in [0.15, 0.2) is 20.9 Å². The fraction of sp³-hybridized carbons (Fsp3) is 0.773. The van der Waals surface area contributed by atoms with E-state index in [-0.39, 0.29) is 25.4 Å². The van der Waals surface area contributed by atoms with Gasteiger partial charge in [0.2, 0.25) is 0 Å². The van der Waals surface area contributed by atoms with Gasteiger partial charge in [0.25, 0.3) is 5.56 Å². The molecule has 0 aliphatic carbocycles. The van der Waals surface area contributed by atoms with E-state index < -0.39 is 29.8 Å². The second kappa shape index (κ2) is 14.5. The molecule has 2 heterocycles. The van der Waals surface area contributed by atoms with Gasteiger partial charge in [0, 0.05) is 36.1 Å². The number of unbranched alkanes of at least 4 members (excludes halogenated alkanes) is 8. The fourth-order valence-electron chi connectivity index (χ4n) is 3.79. The molecular formula is C22H34FN5O5. The van der Waals surface area contributed by atoms with Gasteiger partial charge in [-0.3, -0.25) is 19.1 Å². The Balaban J connectivity index is 1.55. The summed E-state index contributed by atoms with van der Waals surface area (Å²) < 4.78 is 26.2. The second-order valence-corrected chi connectivity index (χ2v) is 8.43. The molecule has 184 valence electrons. The lowest BCUT2D eigenvalue weighted by Crippen LogP contribution is -2.33. The molecule has 1 aromatic rings. The Morgan fingerprint density at radius 3 is 2.52 bits per heavy atom. The molecule has 0 saturated carbocycles. The van der Waals surface area contributed by atoms with Crippen LogP contribution in [0.4, 0.5) is 4.39 Å². The zero-order chi connectivity index (χ0) is 24.1. The number of hydrogen-bond acceptors (Lipinski definition) is 6. The molecule has 1 saturated heterocycles. The zero-order valence-corrected chi connectivity index (χ0v) is 19.2. The van der Waals surface area contributed by atoms with Gasteiger partial charge < -0.3 is 9.47 Å². The van der Waals surface area contributed by atoms with Crippen LogP contribution in [-0.2, 0) is 14.3 Å². The molecule has 0 spiro atoms. The van der Waals surface area contributed by atoms with Crippen molar-refractivity contribution in [3.63, 3.8) is 0 Å². The minimum absolute atomic E-state index is 0.0542. The van der Waals surface area contributed by atoms with Gasteiger partial charge in [0.05, 0.1) is 0 Å². The fourth-order valence-corrected chi connectivity index (χ4v) is 3.79. The topological polar surface area (TPSA) is 139 Å². The summed E-state index contributed by atoms with van der Waals surface area (Å²) in [5.74, 6) is -0.383. The van der Waals surface area contributed by atoms with Gasteiger partial charge in [0.1, 0.15) is 25.1 Å². The normalized spacial score (nSPS) is 19.9. The summed E-state index contributed by atoms with van der Waals surface area (Å²) in [6, 6.07) is 0. The number of ether oxygens (including phenoxy) is 2. The number of carbonyl (C=O) groups is 1. The largest absolute Gasteiger partial charge is 0.463 e. The Kier molecular flexibility index (Phi) is 11.7. The van der Waals surface area contributed by atoms with E-state index in [0.717, 1.165) is 62.4 Å². The van der Waals surface area contributed by atoms with Crippen molar-refractivity contribution in [3.05, 3.63) is 43.0 Å². The number of nitrogens with one attached hydrogen (secondary N) is 1. The number of aromatic nitrogens is 2. The van der Waals surface area contributed by atoms with Crippen molar-refractivity contribution in [2.24, 2.45) is 5.11 Å². The van der Waals surface area contributed by atoms with Crippen molar-refractivity contribution in [1.82, 2.24) is 9.55 Å². The third-order valence-corrected chi connectivity index (χ3v) is 5.73. The van der Waals surface area contributed by atoms with Crippen molar-refractivity contribution in [2.75, 3.05) is 13.2 Å². The first-order valence-corrected chi connectivity index (χ1v) is 11.7. The first-order chi connectivity index (χ1) is 15.9. The van der Waals surface area contributed by atoms with E-state index in [9.17, 15) is 18.8 Å². The number of rotatable bonds is 15. The SMILES string of the molecule is Cc1cn(C2CC(F)C(COC(=O)CCCCCCCCCCCN=[N+]=[N-])O2)c(=O)[nH]c1=O.